The Hall–Kier alpha value is -1.23. The monoisotopic (exact) mass is 262 g/mol. The first-order chi connectivity index (χ1) is 8.38. The number of allylic oxidation sites excluding steroid dienone is 5. The predicted molar refractivity (Wildman–Crippen MR) is 74.7 cm³/mol. The molecule has 96 valence electrons. The highest BCUT2D eigenvalue weighted by Gasteiger charge is 2.30. The minimum atomic E-state index is -0.0403. The molecule has 0 saturated carbocycles. The van der Waals surface area contributed by atoms with Gasteiger partial charge in [-0.25, -0.2) is 0 Å². The summed E-state index contributed by atoms with van der Waals surface area (Å²) in [5, 5.41) is 0. The predicted octanol–water partition coefficient (Wildman–Crippen LogP) is 4.60. The van der Waals surface area contributed by atoms with E-state index in [1.807, 2.05) is 26.0 Å². The second kappa shape index (κ2) is 6.09. The first kappa shape index (κ1) is 14.8. The molecular formula is C15H19O2P. The van der Waals surface area contributed by atoms with Gasteiger partial charge in [-0.15, -0.1) is 5.73 Å². The van der Waals surface area contributed by atoms with Gasteiger partial charge >= 0.3 is 0 Å². The average molecular weight is 262 g/mol. The highest BCUT2D eigenvalue weighted by Crippen LogP contribution is 2.39. The second-order valence-electron chi connectivity index (χ2n) is 5.24. The van der Waals surface area contributed by atoms with Crippen LogP contribution in [0.5, 0.6) is 0 Å². The number of carbonyl (C=O) groups is 1. The van der Waals surface area contributed by atoms with Gasteiger partial charge in [0, 0.05) is 12.2 Å². The molecule has 0 heterocycles. The van der Waals surface area contributed by atoms with E-state index in [4.69, 9.17) is 0 Å². The van der Waals surface area contributed by atoms with Gasteiger partial charge < -0.3 is 0 Å². The van der Waals surface area contributed by atoms with Crippen molar-refractivity contribution in [1.29, 1.82) is 0 Å². The van der Waals surface area contributed by atoms with Crippen molar-refractivity contribution in [2.24, 2.45) is 5.41 Å². The zero-order valence-electron chi connectivity index (χ0n) is 11.4. The van der Waals surface area contributed by atoms with E-state index in [1.165, 1.54) is 5.82 Å². The molecule has 0 aromatic rings. The highest BCUT2D eigenvalue weighted by atomic mass is 31.1. The van der Waals surface area contributed by atoms with E-state index < -0.39 is 0 Å². The molecule has 0 atom stereocenters. The summed E-state index contributed by atoms with van der Waals surface area (Å²) in [4.78, 5) is 11.7. The van der Waals surface area contributed by atoms with Gasteiger partial charge in [-0.3, -0.25) is 9.36 Å². The molecule has 0 radical (unpaired) electrons. The first-order valence-electron chi connectivity index (χ1n) is 6.05. The number of hydrogen-bond acceptors (Lipinski definition) is 2. The van der Waals surface area contributed by atoms with Crippen LogP contribution in [-0.4, -0.2) is 5.78 Å². The molecule has 18 heavy (non-hydrogen) atoms. The van der Waals surface area contributed by atoms with E-state index in [9.17, 15) is 9.36 Å². The van der Waals surface area contributed by atoms with Crippen LogP contribution in [0.1, 0.15) is 40.5 Å². The summed E-state index contributed by atoms with van der Waals surface area (Å²) in [5.41, 5.74) is 5.79. The molecule has 1 aliphatic rings. The Morgan fingerprint density at radius 2 is 2.11 bits per heavy atom. The Kier molecular flexibility index (Phi) is 5.02. The summed E-state index contributed by atoms with van der Waals surface area (Å²) in [5.74, 6) is 1.68. The topological polar surface area (TPSA) is 34.1 Å². The van der Waals surface area contributed by atoms with Crippen LogP contribution < -0.4 is 0 Å². The fourth-order valence-corrected chi connectivity index (χ4v) is 2.40. The molecule has 0 amide bonds. The van der Waals surface area contributed by atoms with Gasteiger partial charge in [0.2, 0.25) is 0 Å². The SMILES string of the molecule is CC(=C=CP=O)/C=C/C1=C(C)C(=O)CCC1(C)C. The van der Waals surface area contributed by atoms with Crippen molar-refractivity contribution < 1.29 is 9.36 Å². The molecule has 0 aliphatic heterocycles. The second-order valence-corrected chi connectivity index (χ2v) is 5.71. The molecule has 0 unspecified atom stereocenters. The fourth-order valence-electron chi connectivity index (χ4n) is 2.14. The Morgan fingerprint density at radius 3 is 2.72 bits per heavy atom. The summed E-state index contributed by atoms with van der Waals surface area (Å²) >= 11 is 0. The molecule has 0 N–H and O–H groups in total. The minimum absolute atomic E-state index is 0.0370. The lowest BCUT2D eigenvalue weighted by molar-refractivity contribution is -0.116. The number of rotatable bonds is 3. The number of hydrogen-bond donors (Lipinski definition) is 0. The van der Waals surface area contributed by atoms with E-state index in [2.05, 4.69) is 19.6 Å². The maximum absolute atomic E-state index is 11.7. The van der Waals surface area contributed by atoms with Crippen molar-refractivity contribution in [2.75, 3.05) is 0 Å². The smallest absolute Gasteiger partial charge is 0.192 e. The van der Waals surface area contributed by atoms with Crippen molar-refractivity contribution >= 4 is 14.2 Å². The molecule has 0 aromatic heterocycles. The highest BCUT2D eigenvalue weighted by molar-refractivity contribution is 7.27. The van der Waals surface area contributed by atoms with Crippen LogP contribution in [0.3, 0.4) is 0 Å². The Balaban J connectivity index is 3.10. The molecule has 0 fully saturated rings. The molecular weight excluding hydrogens is 243 g/mol. The molecule has 2 nitrogen and oxygen atoms in total. The Labute approximate surface area is 110 Å². The standard InChI is InChI=1S/C15H19O2P/c1-11(8-10-18-17)5-6-13-12(2)14(16)7-9-15(13,3)4/h5-6,10H,7,9H2,1-4H3/b6-5+. The quantitative estimate of drug-likeness (QED) is 0.423. The number of carbonyl (C=O) groups excluding carboxylic acids is 1. The van der Waals surface area contributed by atoms with Gasteiger partial charge in [0.1, 0.15) is 0 Å². The summed E-state index contributed by atoms with van der Waals surface area (Å²) in [6, 6.07) is 0. The maximum atomic E-state index is 11.7. The van der Waals surface area contributed by atoms with Crippen molar-refractivity contribution in [1.82, 2.24) is 0 Å². The molecule has 0 aromatic carbocycles. The lowest BCUT2D eigenvalue weighted by Crippen LogP contribution is -2.24. The zero-order valence-corrected chi connectivity index (χ0v) is 12.3. The van der Waals surface area contributed by atoms with E-state index in [1.54, 1.807) is 0 Å². The summed E-state index contributed by atoms with van der Waals surface area (Å²) < 4.78 is 10.3. The number of ketones is 1. The van der Waals surface area contributed by atoms with Gasteiger partial charge in [0.05, 0.1) is 0 Å². The van der Waals surface area contributed by atoms with Crippen molar-refractivity contribution in [3.8, 4) is 0 Å². The van der Waals surface area contributed by atoms with E-state index >= 15 is 0 Å². The van der Waals surface area contributed by atoms with E-state index in [0.29, 0.717) is 6.42 Å². The van der Waals surface area contributed by atoms with Crippen LogP contribution in [0.25, 0.3) is 0 Å². The molecule has 0 saturated heterocycles. The molecule has 1 aliphatic carbocycles. The largest absolute Gasteiger partial charge is 0.295 e. The van der Waals surface area contributed by atoms with Gasteiger partial charge in [-0.1, -0.05) is 26.0 Å². The van der Waals surface area contributed by atoms with Crippen LogP contribution in [0.2, 0.25) is 0 Å². The Morgan fingerprint density at radius 1 is 1.44 bits per heavy atom. The van der Waals surface area contributed by atoms with Gasteiger partial charge in [0.25, 0.3) is 0 Å². The zero-order chi connectivity index (χ0) is 13.8. The van der Waals surface area contributed by atoms with Crippen LogP contribution in [-0.2, 0) is 9.36 Å². The fraction of sp³-hybridized carbons (Fsp3) is 0.467. The van der Waals surface area contributed by atoms with Gasteiger partial charge in [-0.2, -0.15) is 0 Å². The van der Waals surface area contributed by atoms with Crippen molar-refractivity contribution in [2.45, 2.75) is 40.5 Å². The van der Waals surface area contributed by atoms with Crippen molar-refractivity contribution in [3.63, 3.8) is 0 Å². The summed E-state index contributed by atoms with van der Waals surface area (Å²) in [6.07, 6.45) is 5.44. The van der Waals surface area contributed by atoms with Crippen LogP contribution in [0.4, 0.5) is 0 Å². The molecule has 1 rings (SSSR count). The van der Waals surface area contributed by atoms with E-state index in [-0.39, 0.29) is 19.7 Å². The summed E-state index contributed by atoms with van der Waals surface area (Å²) in [7, 11) is -0.0403. The molecule has 0 bridgehead atoms. The summed E-state index contributed by atoms with van der Waals surface area (Å²) in [6.45, 7) is 8.11. The minimum Gasteiger partial charge on any atom is -0.295 e. The third kappa shape index (κ3) is 3.63. The Bertz CT molecular complexity index is 487. The lowest BCUT2D eigenvalue weighted by atomic mass is 9.72. The maximum Gasteiger partial charge on any atom is 0.192 e. The lowest BCUT2D eigenvalue weighted by Gasteiger charge is -2.32. The normalized spacial score (nSPS) is 19.2. The van der Waals surface area contributed by atoms with Crippen LogP contribution in [0.15, 0.2) is 40.4 Å². The molecule has 3 heteroatoms. The van der Waals surface area contributed by atoms with Crippen molar-refractivity contribution in [3.05, 3.63) is 40.4 Å². The molecule has 0 spiro atoms. The number of Topliss-reactive ketones (excluding diaryl/α,β-unsaturated/α-hetero) is 1. The third-order valence-corrected chi connectivity index (χ3v) is 3.61. The first-order valence-corrected chi connectivity index (χ1v) is 6.93. The third-order valence-electron chi connectivity index (χ3n) is 3.37. The van der Waals surface area contributed by atoms with Gasteiger partial charge in [0.15, 0.2) is 14.2 Å². The van der Waals surface area contributed by atoms with Crippen LogP contribution in [0, 0.1) is 5.41 Å². The van der Waals surface area contributed by atoms with Crippen LogP contribution >= 0.6 is 8.46 Å². The van der Waals surface area contributed by atoms with Gasteiger partial charge in [-0.05, 0) is 42.4 Å². The van der Waals surface area contributed by atoms with E-state index in [0.717, 1.165) is 23.1 Å². The average Bonchev–Trinajstić information content (AvgIpc) is 2.31.